The second-order valence-corrected chi connectivity index (χ2v) is 4.73. The van der Waals surface area contributed by atoms with E-state index >= 15 is 0 Å². The van der Waals surface area contributed by atoms with Gasteiger partial charge in [-0.15, -0.1) is 0 Å². The van der Waals surface area contributed by atoms with E-state index in [1.807, 2.05) is 32.8 Å². The number of rotatable bonds is 7. The molecule has 0 spiro atoms. The molecule has 0 aliphatic rings. The number of halogens is 3. The van der Waals surface area contributed by atoms with E-state index in [1.54, 1.807) is 0 Å². The van der Waals surface area contributed by atoms with Crippen LogP contribution in [0.4, 0.5) is 13.2 Å². The first-order valence-electron chi connectivity index (χ1n) is 6.11. The Balaban J connectivity index is 4.39. The van der Waals surface area contributed by atoms with E-state index < -0.39 is 24.2 Å². The summed E-state index contributed by atoms with van der Waals surface area (Å²) in [5, 5.41) is 10.1. The van der Waals surface area contributed by atoms with Gasteiger partial charge in [-0.2, -0.15) is 13.2 Å². The SMILES string of the molecule is CCC(CC)(C(O)CCCC(F)(F)F)N(C)C. The molecule has 1 N–H and O–H groups in total. The lowest BCUT2D eigenvalue weighted by molar-refractivity contribution is -0.137. The summed E-state index contributed by atoms with van der Waals surface area (Å²) in [4.78, 5) is 1.92. The normalized spacial score (nSPS) is 15.4. The van der Waals surface area contributed by atoms with Crippen LogP contribution in [0.2, 0.25) is 0 Å². The van der Waals surface area contributed by atoms with Gasteiger partial charge in [0.15, 0.2) is 0 Å². The maximum absolute atomic E-state index is 12.0. The minimum absolute atomic E-state index is 0.0136. The predicted octanol–water partition coefficient (Wildman–Crippen LogP) is 3.20. The van der Waals surface area contributed by atoms with Crippen LogP contribution in [0.3, 0.4) is 0 Å². The average molecular weight is 255 g/mol. The van der Waals surface area contributed by atoms with Crippen LogP contribution in [-0.2, 0) is 0 Å². The molecule has 0 aromatic rings. The van der Waals surface area contributed by atoms with Gasteiger partial charge >= 0.3 is 6.18 Å². The van der Waals surface area contributed by atoms with Gasteiger partial charge in [0.25, 0.3) is 0 Å². The topological polar surface area (TPSA) is 23.5 Å². The van der Waals surface area contributed by atoms with Crippen LogP contribution >= 0.6 is 0 Å². The molecule has 0 saturated carbocycles. The van der Waals surface area contributed by atoms with Crippen molar-refractivity contribution < 1.29 is 18.3 Å². The number of nitrogens with zero attached hydrogens (tertiary/aromatic N) is 1. The Morgan fingerprint density at radius 1 is 1.12 bits per heavy atom. The van der Waals surface area contributed by atoms with Crippen LogP contribution in [0.15, 0.2) is 0 Å². The van der Waals surface area contributed by atoms with E-state index in [4.69, 9.17) is 0 Å². The molecule has 0 aromatic carbocycles. The molecule has 0 radical (unpaired) electrons. The first kappa shape index (κ1) is 16.7. The van der Waals surface area contributed by atoms with E-state index in [9.17, 15) is 18.3 Å². The lowest BCUT2D eigenvalue weighted by Crippen LogP contribution is -2.52. The molecule has 0 saturated heterocycles. The molecule has 104 valence electrons. The Hall–Kier alpha value is -0.290. The number of aliphatic hydroxyl groups is 1. The first-order chi connectivity index (χ1) is 7.69. The quantitative estimate of drug-likeness (QED) is 0.755. The zero-order chi connectivity index (χ0) is 13.7. The summed E-state index contributed by atoms with van der Waals surface area (Å²) in [6.07, 6.45) is -4.03. The summed E-state index contributed by atoms with van der Waals surface area (Å²) in [6, 6.07) is 0. The average Bonchev–Trinajstić information content (AvgIpc) is 2.17. The second-order valence-electron chi connectivity index (χ2n) is 4.73. The van der Waals surface area contributed by atoms with Crippen molar-refractivity contribution in [3.63, 3.8) is 0 Å². The molecule has 0 rings (SSSR count). The highest BCUT2D eigenvalue weighted by Gasteiger charge is 2.37. The molecule has 0 fully saturated rings. The van der Waals surface area contributed by atoms with Crippen molar-refractivity contribution >= 4 is 0 Å². The summed E-state index contributed by atoms with van der Waals surface area (Å²) in [6.45, 7) is 3.91. The standard InChI is InChI=1S/C12H24F3NO/c1-5-11(6-2,16(3)4)10(17)8-7-9-12(13,14)15/h10,17H,5-9H2,1-4H3. The fourth-order valence-electron chi connectivity index (χ4n) is 2.42. The van der Waals surface area contributed by atoms with Crippen LogP contribution in [0, 0.1) is 0 Å². The highest BCUT2D eigenvalue weighted by Crippen LogP contribution is 2.30. The fourth-order valence-corrected chi connectivity index (χ4v) is 2.42. The van der Waals surface area contributed by atoms with E-state index in [2.05, 4.69) is 0 Å². The molecular formula is C12H24F3NO. The highest BCUT2D eigenvalue weighted by molar-refractivity contribution is 4.92. The Morgan fingerprint density at radius 2 is 1.59 bits per heavy atom. The minimum atomic E-state index is -4.13. The van der Waals surface area contributed by atoms with E-state index in [-0.39, 0.29) is 12.8 Å². The third-order valence-electron chi connectivity index (χ3n) is 3.67. The zero-order valence-electron chi connectivity index (χ0n) is 11.1. The van der Waals surface area contributed by atoms with Crippen LogP contribution in [0.5, 0.6) is 0 Å². The lowest BCUT2D eigenvalue weighted by atomic mass is 9.83. The molecular weight excluding hydrogens is 231 g/mol. The number of hydrogen-bond donors (Lipinski definition) is 1. The Bertz CT molecular complexity index is 212. The summed E-state index contributed by atoms with van der Waals surface area (Å²) in [5.74, 6) is 0. The smallest absolute Gasteiger partial charge is 0.389 e. The molecule has 0 heterocycles. The summed E-state index contributed by atoms with van der Waals surface area (Å²) in [7, 11) is 3.72. The van der Waals surface area contributed by atoms with Crippen LogP contribution in [-0.4, -0.2) is 41.9 Å². The number of likely N-dealkylation sites (N-methyl/N-ethyl adjacent to an activating group) is 1. The molecule has 2 nitrogen and oxygen atoms in total. The summed E-state index contributed by atoms with van der Waals surface area (Å²) >= 11 is 0. The third kappa shape index (κ3) is 4.84. The van der Waals surface area contributed by atoms with Crippen molar-refractivity contribution in [2.75, 3.05) is 14.1 Å². The van der Waals surface area contributed by atoms with Crippen molar-refractivity contribution in [1.29, 1.82) is 0 Å². The van der Waals surface area contributed by atoms with Crippen molar-refractivity contribution in [2.45, 2.75) is 63.8 Å². The number of alkyl halides is 3. The lowest BCUT2D eigenvalue weighted by Gasteiger charge is -2.42. The van der Waals surface area contributed by atoms with Crippen molar-refractivity contribution in [1.82, 2.24) is 4.90 Å². The maximum Gasteiger partial charge on any atom is 0.389 e. The molecule has 1 atom stereocenters. The highest BCUT2D eigenvalue weighted by atomic mass is 19.4. The van der Waals surface area contributed by atoms with Gasteiger partial charge in [-0.3, -0.25) is 0 Å². The van der Waals surface area contributed by atoms with Gasteiger partial charge in [0.05, 0.1) is 6.10 Å². The number of hydrogen-bond acceptors (Lipinski definition) is 2. The van der Waals surface area contributed by atoms with Gasteiger partial charge in [-0.25, -0.2) is 0 Å². The molecule has 17 heavy (non-hydrogen) atoms. The monoisotopic (exact) mass is 255 g/mol. The van der Waals surface area contributed by atoms with E-state index in [0.29, 0.717) is 0 Å². The van der Waals surface area contributed by atoms with Gasteiger partial charge in [-0.1, -0.05) is 13.8 Å². The van der Waals surface area contributed by atoms with Crippen LogP contribution in [0.1, 0.15) is 46.0 Å². The number of aliphatic hydroxyl groups excluding tert-OH is 1. The van der Waals surface area contributed by atoms with Gasteiger partial charge in [0.1, 0.15) is 0 Å². The van der Waals surface area contributed by atoms with Gasteiger partial charge in [0, 0.05) is 12.0 Å². The zero-order valence-corrected chi connectivity index (χ0v) is 11.1. The molecule has 0 aliphatic carbocycles. The Labute approximate surface area is 102 Å². The Morgan fingerprint density at radius 3 is 1.88 bits per heavy atom. The largest absolute Gasteiger partial charge is 0.391 e. The fraction of sp³-hybridized carbons (Fsp3) is 1.00. The van der Waals surface area contributed by atoms with Gasteiger partial charge in [-0.05, 0) is 39.8 Å². The summed E-state index contributed by atoms with van der Waals surface area (Å²) < 4.78 is 36.1. The molecule has 1 unspecified atom stereocenters. The molecule has 0 aromatic heterocycles. The molecule has 0 bridgehead atoms. The molecule has 5 heteroatoms. The van der Waals surface area contributed by atoms with Crippen molar-refractivity contribution in [3.05, 3.63) is 0 Å². The Kier molecular flexibility index (Phi) is 6.48. The minimum Gasteiger partial charge on any atom is -0.391 e. The van der Waals surface area contributed by atoms with E-state index in [1.165, 1.54) is 0 Å². The van der Waals surface area contributed by atoms with E-state index in [0.717, 1.165) is 12.8 Å². The van der Waals surface area contributed by atoms with Gasteiger partial charge < -0.3 is 10.0 Å². The second kappa shape index (κ2) is 6.59. The maximum atomic E-state index is 12.0. The molecule has 0 aliphatic heterocycles. The third-order valence-corrected chi connectivity index (χ3v) is 3.67. The van der Waals surface area contributed by atoms with Crippen LogP contribution in [0.25, 0.3) is 0 Å². The van der Waals surface area contributed by atoms with Gasteiger partial charge in [0.2, 0.25) is 0 Å². The first-order valence-corrected chi connectivity index (χ1v) is 6.11. The van der Waals surface area contributed by atoms with Crippen molar-refractivity contribution in [3.8, 4) is 0 Å². The molecule has 0 amide bonds. The van der Waals surface area contributed by atoms with Crippen LogP contribution < -0.4 is 0 Å². The predicted molar refractivity (Wildman–Crippen MR) is 62.9 cm³/mol. The van der Waals surface area contributed by atoms with Crippen molar-refractivity contribution in [2.24, 2.45) is 0 Å². The summed E-state index contributed by atoms with van der Waals surface area (Å²) in [5.41, 5.74) is -0.411.